The summed E-state index contributed by atoms with van der Waals surface area (Å²) in [5, 5.41) is 12.2. The summed E-state index contributed by atoms with van der Waals surface area (Å²) in [6.45, 7) is 0.644. The van der Waals surface area contributed by atoms with E-state index in [1.807, 2.05) is 30.3 Å². The number of halogens is 1. The van der Waals surface area contributed by atoms with Gasteiger partial charge in [0.2, 0.25) is 5.91 Å². The number of hydrogen-bond acceptors (Lipinski definition) is 3. The Labute approximate surface area is 138 Å². The molecule has 0 aromatic heterocycles. The summed E-state index contributed by atoms with van der Waals surface area (Å²) in [6, 6.07) is 9.99. The van der Waals surface area contributed by atoms with E-state index in [-0.39, 0.29) is 30.8 Å². The number of benzene rings is 1. The predicted molar refractivity (Wildman–Crippen MR) is 91.1 cm³/mol. The number of amides is 1. The summed E-state index contributed by atoms with van der Waals surface area (Å²) in [7, 11) is 0. The van der Waals surface area contributed by atoms with E-state index in [1.54, 1.807) is 0 Å². The first-order chi connectivity index (χ1) is 10.2. The van der Waals surface area contributed by atoms with Crippen LogP contribution >= 0.6 is 12.4 Å². The van der Waals surface area contributed by atoms with Crippen molar-refractivity contribution >= 4 is 18.3 Å². The van der Waals surface area contributed by atoms with Crippen molar-refractivity contribution in [3.05, 3.63) is 35.9 Å². The Hall–Kier alpha value is -1.10. The van der Waals surface area contributed by atoms with Crippen LogP contribution in [-0.2, 0) is 4.79 Å². The zero-order valence-electron chi connectivity index (χ0n) is 13.0. The van der Waals surface area contributed by atoms with Crippen LogP contribution in [-0.4, -0.2) is 29.7 Å². The predicted octanol–water partition coefficient (Wildman–Crippen LogP) is 2.35. The molecule has 1 unspecified atom stereocenters. The van der Waals surface area contributed by atoms with E-state index in [1.165, 1.54) is 6.42 Å². The molecule has 1 aromatic rings. The fourth-order valence-corrected chi connectivity index (χ4v) is 3.07. The van der Waals surface area contributed by atoms with Crippen molar-refractivity contribution in [2.24, 2.45) is 5.73 Å². The minimum atomic E-state index is -0.696. The number of hydrogen-bond donors (Lipinski definition) is 3. The van der Waals surface area contributed by atoms with Gasteiger partial charge >= 0.3 is 0 Å². The maximum Gasteiger partial charge on any atom is 0.240 e. The fourth-order valence-electron chi connectivity index (χ4n) is 3.07. The summed E-state index contributed by atoms with van der Waals surface area (Å²) in [5.74, 6) is 0.0911. The second-order valence-corrected chi connectivity index (χ2v) is 6.05. The number of rotatable bonds is 6. The molecule has 1 aliphatic rings. The first kappa shape index (κ1) is 18.9. The van der Waals surface area contributed by atoms with Crippen molar-refractivity contribution in [2.75, 3.05) is 13.2 Å². The lowest BCUT2D eigenvalue weighted by atomic mass is 9.81. The van der Waals surface area contributed by atoms with E-state index in [0.29, 0.717) is 13.0 Å². The number of carbonyl (C=O) groups excluding carboxylic acids is 1. The third-order valence-corrected chi connectivity index (χ3v) is 4.46. The molecule has 124 valence electrons. The smallest absolute Gasteiger partial charge is 0.240 e. The zero-order valence-corrected chi connectivity index (χ0v) is 13.8. The van der Waals surface area contributed by atoms with Crippen molar-refractivity contribution in [3.63, 3.8) is 0 Å². The molecule has 1 aliphatic carbocycles. The monoisotopic (exact) mass is 326 g/mol. The molecule has 4 nitrogen and oxygen atoms in total. The fraction of sp³-hybridized carbons (Fsp3) is 0.588. The van der Waals surface area contributed by atoms with Crippen LogP contribution in [0.15, 0.2) is 30.3 Å². The van der Waals surface area contributed by atoms with E-state index in [2.05, 4.69) is 5.32 Å². The lowest BCUT2D eigenvalue weighted by Gasteiger charge is -2.32. The van der Waals surface area contributed by atoms with Gasteiger partial charge in [-0.1, -0.05) is 49.6 Å². The quantitative estimate of drug-likeness (QED) is 0.751. The van der Waals surface area contributed by atoms with Crippen molar-refractivity contribution in [1.29, 1.82) is 0 Å². The van der Waals surface area contributed by atoms with Gasteiger partial charge < -0.3 is 16.2 Å². The molecule has 0 spiro atoms. The minimum Gasteiger partial charge on any atom is -0.396 e. The van der Waals surface area contributed by atoms with Crippen molar-refractivity contribution in [3.8, 4) is 0 Å². The van der Waals surface area contributed by atoms with E-state index in [9.17, 15) is 9.90 Å². The molecule has 5 heteroatoms. The van der Waals surface area contributed by atoms with E-state index < -0.39 is 5.54 Å². The lowest BCUT2D eigenvalue weighted by Crippen LogP contribution is -2.55. The van der Waals surface area contributed by atoms with Crippen molar-refractivity contribution in [1.82, 2.24) is 5.32 Å². The largest absolute Gasteiger partial charge is 0.396 e. The second-order valence-electron chi connectivity index (χ2n) is 6.05. The second kappa shape index (κ2) is 9.13. The average Bonchev–Trinajstić information content (AvgIpc) is 2.52. The van der Waals surface area contributed by atoms with Crippen LogP contribution in [0.2, 0.25) is 0 Å². The van der Waals surface area contributed by atoms with Gasteiger partial charge in [0.25, 0.3) is 0 Å². The molecule has 22 heavy (non-hydrogen) atoms. The number of aliphatic hydroxyl groups excluding tert-OH is 1. The van der Waals surface area contributed by atoms with Gasteiger partial charge in [-0.15, -0.1) is 12.4 Å². The molecule has 1 aromatic carbocycles. The molecular weight excluding hydrogens is 300 g/mol. The van der Waals surface area contributed by atoms with Gasteiger partial charge in [0.15, 0.2) is 0 Å². The summed E-state index contributed by atoms with van der Waals surface area (Å²) in [5.41, 5.74) is 6.68. The molecule has 1 atom stereocenters. The normalized spacial score (nSPS) is 18.1. The zero-order chi connectivity index (χ0) is 15.1. The van der Waals surface area contributed by atoms with Crippen LogP contribution in [0.5, 0.6) is 0 Å². The third kappa shape index (κ3) is 4.97. The number of nitrogens with two attached hydrogens (primary N) is 1. The molecule has 2 rings (SSSR count). The van der Waals surface area contributed by atoms with Crippen LogP contribution in [0.25, 0.3) is 0 Å². The highest BCUT2D eigenvalue weighted by atomic mass is 35.5. The summed E-state index contributed by atoms with van der Waals surface area (Å²) >= 11 is 0. The van der Waals surface area contributed by atoms with Gasteiger partial charge in [-0.05, 0) is 24.8 Å². The number of aliphatic hydroxyl groups is 1. The molecule has 0 radical (unpaired) electrons. The highest BCUT2D eigenvalue weighted by Crippen LogP contribution is 2.26. The molecule has 0 bridgehead atoms. The molecule has 0 saturated heterocycles. The highest BCUT2D eigenvalue weighted by molar-refractivity contribution is 5.86. The Morgan fingerprint density at radius 3 is 2.45 bits per heavy atom. The number of carbonyl (C=O) groups is 1. The van der Waals surface area contributed by atoms with E-state index >= 15 is 0 Å². The Bertz CT molecular complexity index is 447. The van der Waals surface area contributed by atoms with Gasteiger partial charge in [-0.3, -0.25) is 4.79 Å². The average molecular weight is 327 g/mol. The molecule has 1 saturated carbocycles. The van der Waals surface area contributed by atoms with Gasteiger partial charge in [0.05, 0.1) is 5.54 Å². The topological polar surface area (TPSA) is 75.4 Å². The highest BCUT2D eigenvalue weighted by Gasteiger charge is 2.35. The van der Waals surface area contributed by atoms with Gasteiger partial charge in [0, 0.05) is 19.1 Å². The van der Waals surface area contributed by atoms with Gasteiger partial charge in [0.1, 0.15) is 0 Å². The lowest BCUT2D eigenvalue weighted by molar-refractivity contribution is -0.127. The Morgan fingerprint density at radius 1 is 1.23 bits per heavy atom. The first-order valence-corrected chi connectivity index (χ1v) is 7.89. The Balaban J connectivity index is 0.00000242. The van der Waals surface area contributed by atoms with Crippen LogP contribution in [0.3, 0.4) is 0 Å². The summed E-state index contributed by atoms with van der Waals surface area (Å²) in [6.07, 6.45) is 5.42. The molecule has 1 amide bonds. The van der Waals surface area contributed by atoms with Crippen LogP contribution in [0, 0.1) is 0 Å². The standard InChI is InChI=1S/C17H26N2O2.ClH/c18-17(10-5-2-6-11-17)16(21)19-13-15(9-12-20)14-7-3-1-4-8-14;/h1,3-4,7-8,15,20H,2,5-6,9-13,18H2,(H,19,21);1H. The SMILES string of the molecule is Cl.NC1(C(=O)NCC(CCO)c2ccccc2)CCCCC1. The van der Waals surface area contributed by atoms with Crippen molar-refractivity contribution in [2.45, 2.75) is 50.0 Å². The Kier molecular flexibility index (Phi) is 7.87. The van der Waals surface area contributed by atoms with Gasteiger partial charge in [-0.2, -0.15) is 0 Å². The minimum absolute atomic E-state index is 0. The molecule has 1 fully saturated rings. The number of nitrogens with one attached hydrogen (secondary N) is 1. The van der Waals surface area contributed by atoms with Crippen LogP contribution < -0.4 is 11.1 Å². The molecule has 4 N–H and O–H groups in total. The van der Waals surface area contributed by atoms with E-state index in [0.717, 1.165) is 31.2 Å². The molecule has 0 heterocycles. The van der Waals surface area contributed by atoms with E-state index in [4.69, 9.17) is 5.73 Å². The van der Waals surface area contributed by atoms with Crippen molar-refractivity contribution < 1.29 is 9.90 Å². The van der Waals surface area contributed by atoms with Crippen LogP contribution in [0.4, 0.5) is 0 Å². The Morgan fingerprint density at radius 2 is 1.86 bits per heavy atom. The third-order valence-electron chi connectivity index (χ3n) is 4.46. The van der Waals surface area contributed by atoms with Crippen LogP contribution in [0.1, 0.15) is 50.0 Å². The maximum atomic E-state index is 12.4. The first-order valence-electron chi connectivity index (χ1n) is 7.89. The maximum absolute atomic E-state index is 12.4. The summed E-state index contributed by atoms with van der Waals surface area (Å²) < 4.78 is 0. The molecular formula is C17H27ClN2O2. The molecule has 0 aliphatic heterocycles. The summed E-state index contributed by atoms with van der Waals surface area (Å²) in [4.78, 5) is 12.4. The van der Waals surface area contributed by atoms with Gasteiger partial charge in [-0.25, -0.2) is 0 Å².